The number of carbonyl (C=O) groups is 3. The SMILES string of the molecule is O=C(Cc1ccccc1)NCCC(=O)OCC(=O)Nc1cc(Cl)ccc1F. The zero-order valence-corrected chi connectivity index (χ0v) is 15.1. The maximum Gasteiger partial charge on any atom is 0.308 e. The summed E-state index contributed by atoms with van der Waals surface area (Å²) in [4.78, 5) is 35.1. The minimum Gasteiger partial charge on any atom is -0.456 e. The Bertz CT molecular complexity index is 815. The van der Waals surface area contributed by atoms with Crippen LogP contribution >= 0.6 is 11.6 Å². The van der Waals surface area contributed by atoms with Gasteiger partial charge in [-0.25, -0.2) is 4.39 Å². The van der Waals surface area contributed by atoms with Crippen LogP contribution in [0.25, 0.3) is 0 Å². The minimum absolute atomic E-state index is 0.0840. The molecule has 0 unspecified atom stereocenters. The third kappa shape index (κ3) is 7.45. The number of amides is 2. The van der Waals surface area contributed by atoms with E-state index in [4.69, 9.17) is 16.3 Å². The first-order valence-electron chi connectivity index (χ1n) is 8.15. The monoisotopic (exact) mass is 392 g/mol. The number of esters is 1. The van der Waals surface area contributed by atoms with Gasteiger partial charge >= 0.3 is 5.97 Å². The van der Waals surface area contributed by atoms with Crippen LogP contribution in [-0.4, -0.2) is 30.9 Å². The number of rotatable bonds is 8. The van der Waals surface area contributed by atoms with Gasteiger partial charge in [0.15, 0.2) is 6.61 Å². The van der Waals surface area contributed by atoms with E-state index in [1.54, 1.807) is 0 Å². The molecule has 142 valence electrons. The predicted octanol–water partition coefficient (Wildman–Crippen LogP) is 2.71. The van der Waals surface area contributed by atoms with E-state index in [9.17, 15) is 18.8 Å². The summed E-state index contributed by atoms with van der Waals surface area (Å²) < 4.78 is 18.3. The molecule has 0 spiro atoms. The summed E-state index contributed by atoms with van der Waals surface area (Å²) in [7, 11) is 0. The number of hydrogen-bond acceptors (Lipinski definition) is 4. The van der Waals surface area contributed by atoms with Gasteiger partial charge < -0.3 is 15.4 Å². The minimum atomic E-state index is -0.697. The molecule has 8 heteroatoms. The fraction of sp³-hybridized carbons (Fsp3) is 0.211. The van der Waals surface area contributed by atoms with Gasteiger partial charge in [-0.1, -0.05) is 41.9 Å². The summed E-state index contributed by atoms with van der Waals surface area (Å²) in [6.07, 6.45) is 0.128. The molecule has 0 aliphatic heterocycles. The number of benzene rings is 2. The Kier molecular flexibility index (Phi) is 7.76. The number of hydrogen-bond donors (Lipinski definition) is 2. The van der Waals surface area contributed by atoms with Crippen molar-refractivity contribution < 1.29 is 23.5 Å². The molecule has 2 N–H and O–H groups in total. The molecule has 0 saturated heterocycles. The van der Waals surface area contributed by atoms with Crippen LogP contribution in [-0.2, 0) is 25.5 Å². The van der Waals surface area contributed by atoms with Crippen molar-refractivity contribution in [3.05, 3.63) is 64.9 Å². The van der Waals surface area contributed by atoms with E-state index in [1.165, 1.54) is 12.1 Å². The molecule has 0 atom stereocenters. The summed E-state index contributed by atoms with van der Waals surface area (Å²) in [6, 6.07) is 12.9. The van der Waals surface area contributed by atoms with Gasteiger partial charge in [-0.2, -0.15) is 0 Å². The molecule has 0 aromatic heterocycles. The van der Waals surface area contributed by atoms with E-state index in [-0.39, 0.29) is 36.0 Å². The predicted molar refractivity (Wildman–Crippen MR) is 98.8 cm³/mol. The van der Waals surface area contributed by atoms with E-state index >= 15 is 0 Å². The quantitative estimate of drug-likeness (QED) is 0.676. The van der Waals surface area contributed by atoms with E-state index in [0.717, 1.165) is 11.6 Å². The summed E-state index contributed by atoms with van der Waals surface area (Å²) in [5.41, 5.74) is 0.763. The number of ether oxygens (including phenoxy) is 1. The fourth-order valence-corrected chi connectivity index (χ4v) is 2.32. The summed E-state index contributed by atoms with van der Waals surface area (Å²) in [6.45, 7) is -0.474. The molecule has 2 rings (SSSR count). The highest BCUT2D eigenvalue weighted by Gasteiger charge is 2.11. The van der Waals surface area contributed by atoms with Gasteiger partial charge in [-0.05, 0) is 23.8 Å². The van der Waals surface area contributed by atoms with Crippen molar-refractivity contribution in [3.8, 4) is 0 Å². The van der Waals surface area contributed by atoms with Gasteiger partial charge in [-0.15, -0.1) is 0 Å². The van der Waals surface area contributed by atoms with Crippen LogP contribution in [0.5, 0.6) is 0 Å². The van der Waals surface area contributed by atoms with Crippen molar-refractivity contribution >= 4 is 35.1 Å². The Balaban J connectivity index is 1.65. The van der Waals surface area contributed by atoms with Crippen LogP contribution in [0, 0.1) is 5.82 Å². The number of anilines is 1. The van der Waals surface area contributed by atoms with Crippen molar-refractivity contribution in [1.29, 1.82) is 0 Å². The van der Waals surface area contributed by atoms with Gasteiger partial charge in [-0.3, -0.25) is 14.4 Å². The topological polar surface area (TPSA) is 84.5 Å². The van der Waals surface area contributed by atoms with Crippen molar-refractivity contribution in [3.63, 3.8) is 0 Å². The van der Waals surface area contributed by atoms with Gasteiger partial charge in [0.2, 0.25) is 5.91 Å². The molecule has 2 aromatic rings. The summed E-state index contributed by atoms with van der Waals surface area (Å²) in [5, 5.41) is 5.12. The van der Waals surface area contributed by atoms with Crippen LogP contribution in [0.3, 0.4) is 0 Å². The lowest BCUT2D eigenvalue weighted by Gasteiger charge is -2.08. The molecule has 0 aliphatic carbocycles. The van der Waals surface area contributed by atoms with E-state index in [2.05, 4.69) is 10.6 Å². The second kappa shape index (κ2) is 10.3. The van der Waals surface area contributed by atoms with Crippen LogP contribution in [0.1, 0.15) is 12.0 Å². The molecule has 27 heavy (non-hydrogen) atoms. The summed E-state index contributed by atoms with van der Waals surface area (Å²) >= 11 is 5.72. The lowest BCUT2D eigenvalue weighted by Crippen LogP contribution is -2.28. The molecule has 0 heterocycles. The highest BCUT2D eigenvalue weighted by Crippen LogP contribution is 2.19. The highest BCUT2D eigenvalue weighted by atomic mass is 35.5. The third-order valence-electron chi connectivity index (χ3n) is 3.43. The average molecular weight is 393 g/mol. The molecule has 0 fully saturated rings. The molecular weight excluding hydrogens is 375 g/mol. The summed E-state index contributed by atoms with van der Waals surface area (Å²) in [5.74, 6) is -2.22. The highest BCUT2D eigenvalue weighted by molar-refractivity contribution is 6.30. The lowest BCUT2D eigenvalue weighted by atomic mass is 10.1. The first kappa shape index (κ1) is 20.4. The van der Waals surface area contributed by atoms with Crippen LogP contribution < -0.4 is 10.6 Å². The average Bonchev–Trinajstić information content (AvgIpc) is 2.64. The zero-order valence-electron chi connectivity index (χ0n) is 14.3. The molecule has 0 bridgehead atoms. The Morgan fingerprint density at radius 3 is 2.52 bits per heavy atom. The maximum atomic E-state index is 13.5. The van der Waals surface area contributed by atoms with Gasteiger partial charge in [0.1, 0.15) is 5.82 Å². The van der Waals surface area contributed by atoms with E-state index < -0.39 is 24.3 Å². The number of carbonyl (C=O) groups excluding carboxylic acids is 3. The van der Waals surface area contributed by atoms with Gasteiger partial charge in [0, 0.05) is 11.6 Å². The molecule has 0 radical (unpaired) electrons. The second-order valence-electron chi connectivity index (χ2n) is 5.60. The largest absolute Gasteiger partial charge is 0.456 e. The normalized spacial score (nSPS) is 10.1. The second-order valence-corrected chi connectivity index (χ2v) is 6.03. The van der Waals surface area contributed by atoms with E-state index in [1.807, 2.05) is 30.3 Å². The van der Waals surface area contributed by atoms with Crippen molar-refractivity contribution in [1.82, 2.24) is 5.32 Å². The van der Waals surface area contributed by atoms with Gasteiger partial charge in [0.25, 0.3) is 5.91 Å². The maximum absolute atomic E-state index is 13.5. The molecule has 6 nitrogen and oxygen atoms in total. The molecule has 2 amide bonds. The zero-order chi connectivity index (χ0) is 19.6. The van der Waals surface area contributed by atoms with Crippen molar-refractivity contribution in [2.24, 2.45) is 0 Å². The van der Waals surface area contributed by atoms with Crippen LogP contribution in [0.4, 0.5) is 10.1 Å². The number of halogens is 2. The molecule has 2 aromatic carbocycles. The Morgan fingerprint density at radius 1 is 1.04 bits per heavy atom. The van der Waals surface area contributed by atoms with Crippen LogP contribution in [0.2, 0.25) is 5.02 Å². The third-order valence-corrected chi connectivity index (χ3v) is 3.66. The Labute approximate surface area is 160 Å². The Morgan fingerprint density at radius 2 is 1.78 bits per heavy atom. The smallest absolute Gasteiger partial charge is 0.308 e. The molecule has 0 aliphatic rings. The first-order chi connectivity index (χ1) is 12.9. The number of nitrogens with one attached hydrogen (secondary N) is 2. The fourth-order valence-electron chi connectivity index (χ4n) is 2.15. The van der Waals surface area contributed by atoms with Crippen molar-refractivity contribution in [2.45, 2.75) is 12.8 Å². The molecule has 0 saturated carbocycles. The standard InChI is InChI=1S/C19H18ClFN2O4/c20-14-6-7-15(21)16(11-14)23-18(25)12-27-19(26)8-9-22-17(24)10-13-4-2-1-3-5-13/h1-7,11H,8-10,12H2,(H,22,24)(H,23,25). The van der Waals surface area contributed by atoms with Gasteiger partial charge in [0.05, 0.1) is 18.5 Å². The first-order valence-corrected chi connectivity index (χ1v) is 8.53. The Hall–Kier alpha value is -2.93. The van der Waals surface area contributed by atoms with E-state index in [0.29, 0.717) is 0 Å². The lowest BCUT2D eigenvalue weighted by molar-refractivity contribution is -0.147. The van der Waals surface area contributed by atoms with Crippen LogP contribution in [0.15, 0.2) is 48.5 Å². The molecular formula is C19H18ClFN2O4. The van der Waals surface area contributed by atoms with Crippen molar-refractivity contribution in [2.75, 3.05) is 18.5 Å².